The molecule has 3 aromatic rings. The second-order valence-corrected chi connectivity index (χ2v) is 7.71. The number of nitrogens with one attached hydrogen (secondary N) is 1. The average molecular weight is 428 g/mol. The maximum absolute atomic E-state index is 13.4. The van der Waals surface area contributed by atoms with Crippen molar-refractivity contribution in [3.05, 3.63) is 101 Å². The SMILES string of the molecule is COc1ccc([C@H]2[C@@H](C(=O)NCC(=O)c3ccccc3)c3ccccc3C(=O)N2C)cc1. The molecule has 0 radical (unpaired) electrons. The van der Waals surface area contributed by atoms with Gasteiger partial charge >= 0.3 is 0 Å². The van der Waals surface area contributed by atoms with Crippen LogP contribution in [0.4, 0.5) is 0 Å². The number of carbonyl (C=O) groups excluding carboxylic acids is 3. The minimum absolute atomic E-state index is 0.117. The van der Waals surface area contributed by atoms with E-state index in [0.29, 0.717) is 22.4 Å². The Bertz CT molecular complexity index is 1140. The number of benzene rings is 3. The summed E-state index contributed by atoms with van der Waals surface area (Å²) in [6.07, 6.45) is 0. The van der Waals surface area contributed by atoms with E-state index in [1.54, 1.807) is 61.5 Å². The molecule has 4 rings (SSSR count). The van der Waals surface area contributed by atoms with Crippen molar-refractivity contribution < 1.29 is 19.1 Å². The van der Waals surface area contributed by atoms with Crippen molar-refractivity contribution >= 4 is 17.6 Å². The highest BCUT2D eigenvalue weighted by molar-refractivity contribution is 6.03. The van der Waals surface area contributed by atoms with Crippen LogP contribution in [0.3, 0.4) is 0 Å². The molecule has 6 nitrogen and oxygen atoms in total. The summed E-state index contributed by atoms with van der Waals surface area (Å²) >= 11 is 0. The van der Waals surface area contributed by atoms with Crippen LogP contribution in [0.5, 0.6) is 5.75 Å². The molecule has 1 aliphatic rings. The average Bonchev–Trinajstić information content (AvgIpc) is 2.85. The maximum Gasteiger partial charge on any atom is 0.254 e. The van der Waals surface area contributed by atoms with Gasteiger partial charge in [0.1, 0.15) is 5.75 Å². The van der Waals surface area contributed by atoms with Crippen molar-refractivity contribution in [3.8, 4) is 5.75 Å². The van der Waals surface area contributed by atoms with E-state index in [1.807, 2.05) is 36.4 Å². The molecule has 1 N–H and O–H groups in total. The van der Waals surface area contributed by atoms with E-state index in [-0.39, 0.29) is 24.1 Å². The molecular formula is C26H24N2O4. The Morgan fingerprint density at radius 1 is 0.938 bits per heavy atom. The monoisotopic (exact) mass is 428 g/mol. The lowest BCUT2D eigenvalue weighted by atomic mass is 9.79. The summed E-state index contributed by atoms with van der Waals surface area (Å²) in [4.78, 5) is 40.6. The van der Waals surface area contributed by atoms with E-state index in [4.69, 9.17) is 4.74 Å². The molecule has 0 fully saturated rings. The predicted octanol–water partition coefficient (Wildman–Crippen LogP) is 3.60. The van der Waals surface area contributed by atoms with Crippen LogP contribution in [-0.2, 0) is 4.79 Å². The normalized spacial score (nSPS) is 17.4. The highest BCUT2D eigenvalue weighted by atomic mass is 16.5. The lowest BCUT2D eigenvalue weighted by molar-refractivity contribution is -0.123. The van der Waals surface area contributed by atoms with E-state index in [9.17, 15) is 14.4 Å². The molecule has 3 aromatic carbocycles. The van der Waals surface area contributed by atoms with E-state index < -0.39 is 12.0 Å². The lowest BCUT2D eigenvalue weighted by Gasteiger charge is -2.39. The van der Waals surface area contributed by atoms with Gasteiger partial charge in [0.05, 0.1) is 25.6 Å². The fourth-order valence-corrected chi connectivity index (χ4v) is 4.18. The number of nitrogens with zero attached hydrogens (tertiary/aromatic N) is 1. The number of ketones is 1. The molecular weight excluding hydrogens is 404 g/mol. The smallest absolute Gasteiger partial charge is 0.254 e. The summed E-state index contributed by atoms with van der Waals surface area (Å²) in [6, 6.07) is 22.8. The van der Waals surface area contributed by atoms with Crippen molar-refractivity contribution in [1.82, 2.24) is 10.2 Å². The first-order chi connectivity index (χ1) is 15.5. The Hall–Kier alpha value is -3.93. The standard InChI is InChI=1S/C26H24N2O4/c1-28-24(18-12-14-19(32-2)15-13-18)23(20-10-6-7-11-21(20)26(28)31)25(30)27-16-22(29)17-8-4-3-5-9-17/h3-15,23-24H,16H2,1-2H3,(H,27,30)/t23-,24-/m0/s1. The molecule has 0 aromatic heterocycles. The summed E-state index contributed by atoms with van der Waals surface area (Å²) < 4.78 is 5.24. The molecule has 162 valence electrons. The summed E-state index contributed by atoms with van der Waals surface area (Å²) in [5.74, 6) is -0.597. The number of carbonyl (C=O) groups is 3. The largest absolute Gasteiger partial charge is 0.497 e. The number of hydrogen-bond donors (Lipinski definition) is 1. The summed E-state index contributed by atoms with van der Waals surface area (Å²) in [7, 11) is 3.28. The topological polar surface area (TPSA) is 75.7 Å². The van der Waals surface area contributed by atoms with Crippen LogP contribution in [-0.4, -0.2) is 43.2 Å². The number of methoxy groups -OCH3 is 1. The fourth-order valence-electron chi connectivity index (χ4n) is 4.18. The first-order valence-electron chi connectivity index (χ1n) is 10.4. The van der Waals surface area contributed by atoms with Crippen LogP contribution in [0.25, 0.3) is 0 Å². The molecule has 0 spiro atoms. The molecule has 6 heteroatoms. The number of likely N-dealkylation sites (N-methyl/N-ethyl adjacent to an activating group) is 1. The Morgan fingerprint density at radius 2 is 1.59 bits per heavy atom. The quantitative estimate of drug-likeness (QED) is 0.609. The molecule has 2 amide bonds. The third kappa shape index (κ3) is 3.99. The number of Topliss-reactive ketones (excluding diaryl/α,β-unsaturated/α-hetero) is 1. The predicted molar refractivity (Wildman–Crippen MR) is 121 cm³/mol. The highest BCUT2D eigenvalue weighted by Gasteiger charge is 2.42. The number of fused-ring (bicyclic) bond motifs is 1. The van der Waals surface area contributed by atoms with Gasteiger partial charge in [-0.25, -0.2) is 0 Å². The molecule has 2 atom stereocenters. The van der Waals surface area contributed by atoms with Gasteiger partial charge in [-0.05, 0) is 29.3 Å². The molecule has 0 bridgehead atoms. The Morgan fingerprint density at radius 3 is 2.28 bits per heavy atom. The molecule has 1 heterocycles. The molecule has 0 saturated carbocycles. The van der Waals surface area contributed by atoms with Gasteiger partial charge in [-0.2, -0.15) is 0 Å². The van der Waals surface area contributed by atoms with Crippen molar-refractivity contribution in [1.29, 1.82) is 0 Å². The number of rotatable bonds is 6. The Balaban J connectivity index is 1.67. The number of hydrogen-bond acceptors (Lipinski definition) is 4. The van der Waals surface area contributed by atoms with Crippen LogP contribution >= 0.6 is 0 Å². The van der Waals surface area contributed by atoms with Gasteiger partial charge in [-0.15, -0.1) is 0 Å². The van der Waals surface area contributed by atoms with Crippen LogP contribution in [0.15, 0.2) is 78.9 Å². The van der Waals surface area contributed by atoms with Gasteiger partial charge in [-0.3, -0.25) is 14.4 Å². The van der Waals surface area contributed by atoms with E-state index >= 15 is 0 Å². The van der Waals surface area contributed by atoms with Crippen LogP contribution in [0.1, 0.15) is 43.8 Å². The Kier molecular flexibility index (Phi) is 6.03. The third-order valence-corrected chi connectivity index (χ3v) is 5.84. The van der Waals surface area contributed by atoms with Gasteiger partial charge in [0.25, 0.3) is 5.91 Å². The minimum Gasteiger partial charge on any atom is -0.497 e. The Labute approximate surface area is 186 Å². The zero-order valence-electron chi connectivity index (χ0n) is 17.9. The van der Waals surface area contributed by atoms with Gasteiger partial charge in [0.2, 0.25) is 5.91 Å². The molecule has 0 aliphatic carbocycles. The van der Waals surface area contributed by atoms with Crippen molar-refractivity contribution in [2.75, 3.05) is 20.7 Å². The lowest BCUT2D eigenvalue weighted by Crippen LogP contribution is -2.46. The highest BCUT2D eigenvalue weighted by Crippen LogP contribution is 2.42. The maximum atomic E-state index is 13.4. The second-order valence-electron chi connectivity index (χ2n) is 7.71. The zero-order chi connectivity index (χ0) is 22.7. The van der Waals surface area contributed by atoms with E-state index in [0.717, 1.165) is 5.56 Å². The first kappa shape index (κ1) is 21.3. The van der Waals surface area contributed by atoms with Crippen molar-refractivity contribution in [3.63, 3.8) is 0 Å². The van der Waals surface area contributed by atoms with Gasteiger partial charge < -0.3 is 15.0 Å². The summed E-state index contributed by atoms with van der Waals surface area (Å²) in [5, 5.41) is 2.80. The van der Waals surface area contributed by atoms with Crippen molar-refractivity contribution in [2.45, 2.75) is 12.0 Å². The second kappa shape index (κ2) is 9.06. The van der Waals surface area contributed by atoms with Gasteiger partial charge in [0.15, 0.2) is 5.78 Å². The van der Waals surface area contributed by atoms with E-state index in [2.05, 4.69) is 5.32 Å². The van der Waals surface area contributed by atoms with Gasteiger partial charge in [0, 0.05) is 18.2 Å². The molecule has 0 unspecified atom stereocenters. The van der Waals surface area contributed by atoms with Gasteiger partial charge in [-0.1, -0.05) is 60.7 Å². The molecule has 0 saturated heterocycles. The summed E-state index contributed by atoms with van der Waals surface area (Å²) in [5.41, 5.74) is 2.50. The van der Waals surface area contributed by atoms with Crippen molar-refractivity contribution in [2.24, 2.45) is 0 Å². The van der Waals surface area contributed by atoms with E-state index in [1.165, 1.54) is 0 Å². The number of ether oxygens (including phenoxy) is 1. The fraction of sp³-hybridized carbons (Fsp3) is 0.192. The molecule has 32 heavy (non-hydrogen) atoms. The minimum atomic E-state index is -0.661. The number of amides is 2. The van der Waals surface area contributed by atoms with Crippen LogP contribution in [0.2, 0.25) is 0 Å². The van der Waals surface area contributed by atoms with Crippen LogP contribution in [0, 0.1) is 0 Å². The first-order valence-corrected chi connectivity index (χ1v) is 10.4. The third-order valence-electron chi connectivity index (χ3n) is 5.84. The van der Waals surface area contributed by atoms with Crippen LogP contribution < -0.4 is 10.1 Å². The summed E-state index contributed by atoms with van der Waals surface area (Å²) in [6.45, 7) is -0.117. The molecule has 1 aliphatic heterocycles. The zero-order valence-corrected chi connectivity index (χ0v) is 17.9.